The Morgan fingerprint density at radius 3 is 1.65 bits per heavy atom. The average molecular weight is 368 g/mol. The molecule has 3 nitrogen and oxygen atoms in total. The molecule has 26 heavy (non-hydrogen) atoms. The summed E-state index contributed by atoms with van der Waals surface area (Å²) in [6.07, 6.45) is 24.4. The van der Waals surface area contributed by atoms with E-state index >= 15 is 0 Å². The maximum absolute atomic E-state index is 9.36. The second-order valence-electron chi connectivity index (χ2n) is 8.03. The highest BCUT2D eigenvalue weighted by molar-refractivity contribution is 5.01. The Morgan fingerprint density at radius 1 is 0.808 bits per heavy atom. The van der Waals surface area contributed by atoms with E-state index in [1.807, 2.05) is 6.20 Å². The van der Waals surface area contributed by atoms with Crippen LogP contribution in [0, 0.1) is 5.92 Å². The van der Waals surface area contributed by atoms with Crippen LogP contribution in [0.4, 0.5) is 0 Å². The fourth-order valence-electron chi connectivity index (χ4n) is 3.87. The van der Waals surface area contributed by atoms with Crippen LogP contribution in [0.25, 0.3) is 0 Å². The van der Waals surface area contributed by atoms with Gasteiger partial charge in [-0.2, -0.15) is 0 Å². The second-order valence-corrected chi connectivity index (χ2v) is 8.03. The molecule has 0 spiro atoms. The van der Waals surface area contributed by atoms with Crippen LogP contribution in [-0.2, 0) is 4.74 Å². The maximum atomic E-state index is 9.36. The number of nitrogens with one attached hydrogen (secondary N) is 1. The van der Waals surface area contributed by atoms with E-state index < -0.39 is 6.41 Å². The molecule has 2 N–H and O–H groups in total. The van der Waals surface area contributed by atoms with Crippen molar-refractivity contribution in [3.8, 4) is 0 Å². The summed E-state index contributed by atoms with van der Waals surface area (Å²) in [5.74, 6) is 1.40. The summed E-state index contributed by atoms with van der Waals surface area (Å²) in [5.41, 5.74) is 0. The summed E-state index contributed by atoms with van der Waals surface area (Å²) in [6, 6.07) is 0. The van der Waals surface area contributed by atoms with Crippen LogP contribution in [0.1, 0.15) is 123 Å². The molecule has 0 amide bonds. The van der Waals surface area contributed by atoms with E-state index in [1.165, 1.54) is 103 Å². The second kappa shape index (κ2) is 16.5. The van der Waals surface area contributed by atoms with Crippen molar-refractivity contribution in [1.29, 1.82) is 0 Å². The van der Waals surface area contributed by atoms with Crippen LogP contribution in [0.3, 0.4) is 0 Å². The van der Waals surface area contributed by atoms with Gasteiger partial charge in [0.15, 0.2) is 0 Å². The summed E-state index contributed by atoms with van der Waals surface area (Å²) in [4.78, 5) is 0. The van der Waals surface area contributed by atoms with E-state index in [0.717, 1.165) is 12.2 Å². The minimum atomic E-state index is -0.833. The molecule has 1 rings (SSSR count). The first-order chi connectivity index (χ1) is 12.8. The SMILES string of the molecule is CCCCCCCCCCCCCCCCCC(CC)C1=CNC(O)O1. The average Bonchev–Trinajstić information content (AvgIpc) is 3.07. The maximum Gasteiger partial charge on any atom is 0.278 e. The third-order valence-corrected chi connectivity index (χ3v) is 5.67. The highest BCUT2D eigenvalue weighted by atomic mass is 16.6. The Bertz CT molecular complexity index is 343. The van der Waals surface area contributed by atoms with Gasteiger partial charge in [-0.3, -0.25) is 0 Å². The van der Waals surface area contributed by atoms with Gasteiger partial charge < -0.3 is 15.2 Å². The van der Waals surface area contributed by atoms with Gasteiger partial charge in [0.1, 0.15) is 5.76 Å². The largest absolute Gasteiger partial charge is 0.450 e. The van der Waals surface area contributed by atoms with Gasteiger partial charge in [-0.25, -0.2) is 0 Å². The molecular weight excluding hydrogens is 322 g/mol. The molecule has 2 atom stereocenters. The van der Waals surface area contributed by atoms with Gasteiger partial charge in [0, 0.05) is 12.1 Å². The standard InChI is InChI=1S/C23H45NO2/c1-3-5-6-7-8-9-10-11-12-13-14-15-16-17-18-19-21(4-2)22-20-24-23(25)26-22/h20-21,23-25H,3-19H2,1-2H3. The van der Waals surface area contributed by atoms with Crippen LogP contribution in [0.2, 0.25) is 0 Å². The van der Waals surface area contributed by atoms with Crippen LogP contribution in [0.15, 0.2) is 12.0 Å². The molecular formula is C23H45NO2. The predicted octanol–water partition coefficient (Wildman–Crippen LogP) is 7.01. The molecule has 1 aliphatic rings. The highest BCUT2D eigenvalue weighted by Gasteiger charge is 2.21. The summed E-state index contributed by atoms with van der Waals surface area (Å²) in [7, 11) is 0. The van der Waals surface area contributed by atoms with Crippen LogP contribution in [0.5, 0.6) is 0 Å². The molecule has 0 aliphatic carbocycles. The molecule has 154 valence electrons. The smallest absolute Gasteiger partial charge is 0.278 e. The van der Waals surface area contributed by atoms with Crippen molar-refractivity contribution in [3.05, 3.63) is 12.0 Å². The number of hydrogen-bond donors (Lipinski definition) is 2. The zero-order valence-electron chi connectivity index (χ0n) is 17.6. The minimum Gasteiger partial charge on any atom is -0.450 e. The normalized spacial score (nSPS) is 17.7. The molecule has 3 heteroatoms. The Kier molecular flexibility index (Phi) is 14.8. The van der Waals surface area contributed by atoms with Crippen molar-refractivity contribution in [2.24, 2.45) is 5.92 Å². The fraction of sp³-hybridized carbons (Fsp3) is 0.913. The van der Waals surface area contributed by atoms with E-state index in [9.17, 15) is 5.11 Å². The number of allylic oxidation sites excluding steroid dienone is 1. The summed E-state index contributed by atoms with van der Waals surface area (Å²) in [6.45, 7) is 4.49. The molecule has 0 fully saturated rings. The van der Waals surface area contributed by atoms with Gasteiger partial charge in [-0.1, -0.05) is 110 Å². The van der Waals surface area contributed by atoms with Crippen LogP contribution < -0.4 is 5.32 Å². The number of hydrogen-bond acceptors (Lipinski definition) is 3. The predicted molar refractivity (Wildman–Crippen MR) is 112 cm³/mol. The Labute approximate surface area is 163 Å². The van der Waals surface area contributed by atoms with Crippen molar-refractivity contribution in [3.63, 3.8) is 0 Å². The number of rotatable bonds is 18. The first-order valence-electron chi connectivity index (χ1n) is 11.6. The van der Waals surface area contributed by atoms with Crippen molar-refractivity contribution >= 4 is 0 Å². The zero-order valence-corrected chi connectivity index (χ0v) is 17.6. The lowest BCUT2D eigenvalue weighted by Gasteiger charge is -2.16. The Morgan fingerprint density at radius 2 is 1.27 bits per heavy atom. The third kappa shape index (κ3) is 11.8. The Balaban J connectivity index is 1.80. The molecule has 0 aromatic carbocycles. The van der Waals surface area contributed by atoms with Crippen molar-refractivity contribution < 1.29 is 9.84 Å². The van der Waals surface area contributed by atoms with Crippen LogP contribution in [-0.4, -0.2) is 11.5 Å². The summed E-state index contributed by atoms with van der Waals surface area (Å²) >= 11 is 0. The van der Waals surface area contributed by atoms with E-state index in [0.29, 0.717) is 5.92 Å². The third-order valence-electron chi connectivity index (χ3n) is 5.67. The Hall–Kier alpha value is -0.700. The van der Waals surface area contributed by atoms with E-state index in [-0.39, 0.29) is 0 Å². The number of aliphatic hydroxyl groups is 1. The van der Waals surface area contributed by atoms with E-state index in [2.05, 4.69) is 19.2 Å². The lowest BCUT2D eigenvalue weighted by molar-refractivity contribution is -0.0683. The van der Waals surface area contributed by atoms with Gasteiger partial charge in [0.05, 0.1) is 0 Å². The number of unbranched alkanes of at least 4 members (excludes halogenated alkanes) is 14. The molecule has 1 aliphatic heterocycles. The van der Waals surface area contributed by atoms with Gasteiger partial charge in [0.2, 0.25) is 0 Å². The molecule has 0 aromatic rings. The minimum absolute atomic E-state index is 0.460. The van der Waals surface area contributed by atoms with Crippen molar-refractivity contribution in [2.75, 3.05) is 0 Å². The first-order valence-corrected chi connectivity index (χ1v) is 11.6. The molecule has 0 saturated carbocycles. The molecule has 2 unspecified atom stereocenters. The fourth-order valence-corrected chi connectivity index (χ4v) is 3.87. The lowest BCUT2D eigenvalue weighted by atomic mass is 9.96. The van der Waals surface area contributed by atoms with Crippen molar-refractivity contribution in [2.45, 2.75) is 129 Å². The van der Waals surface area contributed by atoms with Gasteiger partial charge >= 0.3 is 0 Å². The zero-order chi connectivity index (χ0) is 18.9. The van der Waals surface area contributed by atoms with Crippen molar-refractivity contribution in [1.82, 2.24) is 5.32 Å². The molecule has 0 saturated heterocycles. The summed E-state index contributed by atoms with van der Waals surface area (Å²) in [5, 5.41) is 12.2. The monoisotopic (exact) mass is 367 g/mol. The van der Waals surface area contributed by atoms with E-state index in [4.69, 9.17) is 4.74 Å². The van der Waals surface area contributed by atoms with Crippen LogP contribution >= 0.6 is 0 Å². The van der Waals surface area contributed by atoms with Gasteiger partial charge in [0.25, 0.3) is 6.41 Å². The number of aliphatic hydroxyl groups excluding tert-OH is 1. The molecule has 0 radical (unpaired) electrons. The molecule has 0 bridgehead atoms. The van der Waals surface area contributed by atoms with Gasteiger partial charge in [-0.15, -0.1) is 0 Å². The molecule has 1 heterocycles. The number of ether oxygens (including phenoxy) is 1. The lowest BCUT2D eigenvalue weighted by Crippen LogP contribution is -2.19. The topological polar surface area (TPSA) is 41.5 Å². The quantitative estimate of drug-likeness (QED) is 0.256. The molecule has 0 aromatic heterocycles. The highest BCUT2D eigenvalue weighted by Crippen LogP contribution is 2.26. The van der Waals surface area contributed by atoms with Gasteiger partial charge in [-0.05, 0) is 12.8 Å². The van der Waals surface area contributed by atoms with E-state index in [1.54, 1.807) is 0 Å². The first kappa shape index (κ1) is 23.3. The summed E-state index contributed by atoms with van der Waals surface area (Å²) < 4.78 is 5.39.